The Labute approximate surface area is 153 Å². The van der Waals surface area contributed by atoms with Gasteiger partial charge in [-0.05, 0) is 23.8 Å². The summed E-state index contributed by atoms with van der Waals surface area (Å²) in [4.78, 5) is 43.5. The lowest BCUT2D eigenvalue weighted by atomic mass is 10.0. The Morgan fingerprint density at radius 3 is 2.44 bits per heavy atom. The molecule has 0 spiro atoms. The number of hydrogen-bond donors (Lipinski definition) is 1. The minimum absolute atomic E-state index is 0. The van der Waals surface area contributed by atoms with Crippen molar-refractivity contribution in [3.63, 3.8) is 0 Å². The van der Waals surface area contributed by atoms with E-state index in [1.165, 1.54) is 13.1 Å². The van der Waals surface area contributed by atoms with Crippen molar-refractivity contribution in [2.45, 2.75) is 12.5 Å². The standard InChI is InChI=1S/C19H15N3O4.H2O/c1-21-18(25)14(10-11-6-2-5-9-15(11)23)22-16(19(21)26)20-13-8-4-3-7-12(13)17(22)24;/h2-9,14,23H,10H2,1H3;1H2/t14-;/m1./s1. The molecule has 1 aliphatic heterocycles. The van der Waals surface area contributed by atoms with Gasteiger partial charge in [0.25, 0.3) is 17.4 Å². The SMILES string of the molecule is CN1C(=O)c2nc3ccccc3c(=O)n2[C@H](Cc2ccccc2O)C1=O.O. The van der Waals surface area contributed by atoms with Crippen molar-refractivity contribution >= 4 is 22.7 Å². The Morgan fingerprint density at radius 1 is 1.04 bits per heavy atom. The number of aromatic nitrogens is 2. The van der Waals surface area contributed by atoms with Gasteiger partial charge in [0.2, 0.25) is 5.82 Å². The van der Waals surface area contributed by atoms with Crippen molar-refractivity contribution in [2.75, 3.05) is 7.05 Å². The number of phenols is 1. The zero-order valence-corrected chi connectivity index (χ0v) is 14.4. The van der Waals surface area contributed by atoms with E-state index >= 15 is 0 Å². The number of fused-ring (bicyclic) bond motifs is 2. The van der Waals surface area contributed by atoms with E-state index in [0.29, 0.717) is 16.5 Å². The van der Waals surface area contributed by atoms with E-state index in [4.69, 9.17) is 0 Å². The second kappa shape index (κ2) is 6.65. The lowest BCUT2D eigenvalue weighted by Gasteiger charge is -2.31. The highest BCUT2D eigenvalue weighted by atomic mass is 16.3. The maximum atomic E-state index is 13.0. The topological polar surface area (TPSA) is 124 Å². The number of rotatable bonds is 2. The lowest BCUT2D eigenvalue weighted by Crippen LogP contribution is -2.50. The van der Waals surface area contributed by atoms with Crippen LogP contribution in [0.2, 0.25) is 0 Å². The molecule has 3 N–H and O–H groups in total. The van der Waals surface area contributed by atoms with E-state index < -0.39 is 23.4 Å². The highest BCUT2D eigenvalue weighted by molar-refractivity contribution is 6.07. The molecule has 8 heteroatoms. The van der Waals surface area contributed by atoms with Gasteiger partial charge in [0, 0.05) is 13.5 Å². The molecule has 0 aliphatic carbocycles. The minimum atomic E-state index is -0.953. The molecule has 3 aromatic rings. The first-order chi connectivity index (χ1) is 12.5. The van der Waals surface area contributed by atoms with Crippen LogP contribution in [0.25, 0.3) is 10.9 Å². The fourth-order valence-electron chi connectivity index (χ4n) is 3.24. The fourth-order valence-corrected chi connectivity index (χ4v) is 3.24. The average Bonchev–Trinajstić information content (AvgIpc) is 2.65. The monoisotopic (exact) mass is 367 g/mol. The number of nitrogens with zero attached hydrogens (tertiary/aromatic N) is 3. The Bertz CT molecular complexity index is 1120. The summed E-state index contributed by atoms with van der Waals surface area (Å²) in [6.07, 6.45) is 0.0794. The van der Waals surface area contributed by atoms with Gasteiger partial charge in [-0.2, -0.15) is 0 Å². The number of amides is 2. The van der Waals surface area contributed by atoms with E-state index in [9.17, 15) is 19.5 Å². The van der Waals surface area contributed by atoms with Crippen molar-refractivity contribution in [2.24, 2.45) is 0 Å². The van der Waals surface area contributed by atoms with Gasteiger partial charge in [0.1, 0.15) is 11.8 Å². The average molecular weight is 367 g/mol. The van der Waals surface area contributed by atoms with Crippen LogP contribution in [0.4, 0.5) is 0 Å². The molecule has 0 saturated heterocycles. The number of likely N-dealkylation sites (N-methyl/N-ethyl adjacent to an activating group) is 1. The Balaban J connectivity index is 0.00000210. The number of carbonyl (C=O) groups is 2. The van der Waals surface area contributed by atoms with Gasteiger partial charge >= 0.3 is 0 Å². The third-order valence-electron chi connectivity index (χ3n) is 4.64. The summed E-state index contributed by atoms with van der Waals surface area (Å²) in [6.45, 7) is 0. The smallest absolute Gasteiger partial charge is 0.296 e. The Hall–Kier alpha value is -3.52. The summed E-state index contributed by atoms with van der Waals surface area (Å²) in [5, 5.41) is 10.4. The van der Waals surface area contributed by atoms with Crippen molar-refractivity contribution in [1.82, 2.24) is 14.5 Å². The van der Waals surface area contributed by atoms with E-state index in [2.05, 4.69) is 4.98 Å². The van der Waals surface area contributed by atoms with Gasteiger partial charge in [-0.3, -0.25) is 23.9 Å². The Kier molecular flexibility index (Phi) is 4.50. The summed E-state index contributed by atoms with van der Waals surface area (Å²) in [7, 11) is 1.37. The quantitative estimate of drug-likeness (QED) is 0.667. The molecule has 0 saturated carbocycles. The van der Waals surface area contributed by atoms with Gasteiger partial charge in [0.05, 0.1) is 10.9 Å². The number of para-hydroxylation sites is 2. The van der Waals surface area contributed by atoms with Crippen LogP contribution in [0.1, 0.15) is 22.2 Å². The van der Waals surface area contributed by atoms with Crippen LogP contribution in [0.5, 0.6) is 5.75 Å². The molecule has 0 unspecified atom stereocenters. The summed E-state index contributed by atoms with van der Waals surface area (Å²) >= 11 is 0. The van der Waals surface area contributed by atoms with Gasteiger partial charge < -0.3 is 10.6 Å². The van der Waals surface area contributed by atoms with Crippen molar-refractivity contribution in [3.05, 3.63) is 70.3 Å². The van der Waals surface area contributed by atoms with Crippen molar-refractivity contribution in [3.8, 4) is 5.75 Å². The first-order valence-corrected chi connectivity index (χ1v) is 8.09. The molecular formula is C19H17N3O5. The molecule has 27 heavy (non-hydrogen) atoms. The van der Waals surface area contributed by atoms with Gasteiger partial charge in [-0.25, -0.2) is 4.98 Å². The van der Waals surface area contributed by atoms with Crippen molar-refractivity contribution < 1.29 is 20.2 Å². The van der Waals surface area contributed by atoms with E-state index in [0.717, 1.165) is 9.47 Å². The van der Waals surface area contributed by atoms with E-state index in [-0.39, 0.29) is 23.5 Å². The van der Waals surface area contributed by atoms with Crippen LogP contribution in [0.3, 0.4) is 0 Å². The van der Waals surface area contributed by atoms with Crippen LogP contribution in [0, 0.1) is 0 Å². The zero-order valence-electron chi connectivity index (χ0n) is 14.4. The number of phenolic OH excluding ortho intramolecular Hbond substituents is 1. The van der Waals surface area contributed by atoms with Crippen LogP contribution >= 0.6 is 0 Å². The fraction of sp³-hybridized carbons (Fsp3) is 0.158. The molecule has 0 fully saturated rings. The molecular weight excluding hydrogens is 350 g/mol. The van der Waals surface area contributed by atoms with E-state index in [1.807, 2.05) is 0 Å². The van der Waals surface area contributed by atoms with Crippen LogP contribution < -0.4 is 5.56 Å². The van der Waals surface area contributed by atoms with Gasteiger partial charge in [0.15, 0.2) is 0 Å². The van der Waals surface area contributed by atoms with Crippen molar-refractivity contribution in [1.29, 1.82) is 0 Å². The maximum Gasteiger partial charge on any atom is 0.296 e. The second-order valence-electron chi connectivity index (χ2n) is 6.18. The lowest BCUT2D eigenvalue weighted by molar-refractivity contribution is -0.132. The third kappa shape index (κ3) is 2.76. The number of benzene rings is 2. The first-order valence-electron chi connectivity index (χ1n) is 8.09. The summed E-state index contributed by atoms with van der Waals surface area (Å²) < 4.78 is 1.15. The molecule has 2 aromatic carbocycles. The van der Waals surface area contributed by atoms with E-state index in [1.54, 1.807) is 42.5 Å². The first kappa shape index (κ1) is 18.3. The number of carbonyl (C=O) groups excluding carboxylic acids is 2. The molecule has 1 aromatic heterocycles. The summed E-state index contributed by atoms with van der Waals surface area (Å²) in [6, 6.07) is 12.3. The molecule has 138 valence electrons. The molecule has 0 bridgehead atoms. The largest absolute Gasteiger partial charge is 0.508 e. The number of hydrogen-bond acceptors (Lipinski definition) is 5. The predicted octanol–water partition coefficient (Wildman–Crippen LogP) is 0.673. The number of imide groups is 1. The molecule has 0 radical (unpaired) electrons. The third-order valence-corrected chi connectivity index (χ3v) is 4.64. The summed E-state index contributed by atoms with van der Waals surface area (Å²) in [5.41, 5.74) is 0.474. The van der Waals surface area contributed by atoms with Crippen LogP contribution in [0.15, 0.2) is 53.3 Å². The minimum Gasteiger partial charge on any atom is -0.508 e. The number of aromatic hydroxyl groups is 1. The molecule has 1 atom stereocenters. The molecule has 1 aliphatic rings. The highest BCUT2D eigenvalue weighted by Crippen LogP contribution is 2.27. The molecule has 8 nitrogen and oxygen atoms in total. The Morgan fingerprint density at radius 2 is 1.70 bits per heavy atom. The molecule has 4 rings (SSSR count). The predicted molar refractivity (Wildman–Crippen MR) is 97.6 cm³/mol. The summed E-state index contributed by atoms with van der Waals surface area (Å²) in [5.74, 6) is -1.17. The van der Waals surface area contributed by atoms with Gasteiger partial charge in [-0.1, -0.05) is 30.3 Å². The second-order valence-corrected chi connectivity index (χ2v) is 6.18. The van der Waals surface area contributed by atoms with Gasteiger partial charge in [-0.15, -0.1) is 0 Å². The zero-order chi connectivity index (χ0) is 18.4. The van der Waals surface area contributed by atoms with Crippen LogP contribution in [-0.2, 0) is 11.2 Å². The maximum absolute atomic E-state index is 13.0. The normalized spacial score (nSPS) is 16.2. The molecule has 2 heterocycles. The highest BCUT2D eigenvalue weighted by Gasteiger charge is 2.39. The van der Waals surface area contributed by atoms with Crippen LogP contribution in [-0.4, -0.2) is 43.9 Å². The molecule has 2 amide bonds.